The van der Waals surface area contributed by atoms with Gasteiger partial charge in [0.2, 0.25) is 5.91 Å². The Kier molecular flexibility index (Phi) is 6.11. The second kappa shape index (κ2) is 8.09. The van der Waals surface area contributed by atoms with Crippen LogP contribution < -0.4 is 15.2 Å². The van der Waals surface area contributed by atoms with Crippen molar-refractivity contribution in [2.75, 3.05) is 26.3 Å². The van der Waals surface area contributed by atoms with Crippen LogP contribution in [0.2, 0.25) is 0 Å². The van der Waals surface area contributed by atoms with Crippen molar-refractivity contribution in [1.29, 1.82) is 0 Å². The Bertz CT molecular complexity index is 614. The van der Waals surface area contributed by atoms with Gasteiger partial charge < -0.3 is 20.1 Å². The van der Waals surface area contributed by atoms with E-state index in [-0.39, 0.29) is 35.8 Å². The van der Waals surface area contributed by atoms with E-state index in [4.69, 9.17) is 15.2 Å². The molecule has 0 spiro atoms. The zero-order valence-corrected chi connectivity index (χ0v) is 13.4. The molecule has 2 N–H and O–H groups in total. The molecule has 0 aromatic heterocycles. The highest BCUT2D eigenvalue weighted by atomic mass is 19.4. The maximum atomic E-state index is 12.3. The molecule has 1 aromatic carbocycles. The number of hydrogen-bond donors (Lipinski definition) is 1. The number of para-hydroxylation sites is 2. The Morgan fingerprint density at radius 3 is 2.20 bits per heavy atom. The van der Waals surface area contributed by atoms with E-state index in [1.807, 2.05) is 0 Å². The summed E-state index contributed by atoms with van der Waals surface area (Å²) in [5, 5.41) is 0. The number of primary amides is 1. The topological polar surface area (TPSA) is 81.9 Å². The smallest absolute Gasteiger partial charge is 0.422 e. The van der Waals surface area contributed by atoms with E-state index in [1.165, 1.54) is 18.2 Å². The number of rotatable bonds is 6. The molecule has 0 saturated carbocycles. The Hall–Kier alpha value is -2.45. The molecule has 1 saturated heterocycles. The molecule has 138 valence electrons. The van der Waals surface area contributed by atoms with Gasteiger partial charge in [0.25, 0.3) is 5.91 Å². The van der Waals surface area contributed by atoms with E-state index < -0.39 is 12.8 Å². The number of halogens is 3. The maximum absolute atomic E-state index is 12.3. The number of ether oxygens (including phenoxy) is 2. The fourth-order valence-corrected chi connectivity index (χ4v) is 2.49. The number of nitrogens with two attached hydrogens (primary N) is 1. The van der Waals surface area contributed by atoms with Gasteiger partial charge in [-0.05, 0) is 25.0 Å². The lowest BCUT2D eigenvalue weighted by Crippen LogP contribution is -2.43. The SMILES string of the molecule is NC(=O)C1CCN(C(=O)COc2ccccc2OCC(F)(F)F)CC1. The lowest BCUT2D eigenvalue weighted by Gasteiger charge is -2.30. The Labute approximate surface area is 142 Å². The van der Waals surface area contributed by atoms with E-state index in [1.54, 1.807) is 11.0 Å². The van der Waals surface area contributed by atoms with Crippen LogP contribution in [0.15, 0.2) is 24.3 Å². The summed E-state index contributed by atoms with van der Waals surface area (Å²) in [6, 6.07) is 5.84. The largest absolute Gasteiger partial charge is 0.480 e. The molecular formula is C16H19F3N2O4. The Morgan fingerprint density at radius 1 is 1.12 bits per heavy atom. The van der Waals surface area contributed by atoms with Gasteiger partial charge >= 0.3 is 6.18 Å². The number of amides is 2. The van der Waals surface area contributed by atoms with Gasteiger partial charge in [0, 0.05) is 19.0 Å². The highest BCUT2D eigenvalue weighted by Crippen LogP contribution is 2.28. The third kappa shape index (κ3) is 5.84. The number of likely N-dealkylation sites (tertiary alicyclic amines) is 1. The summed E-state index contributed by atoms with van der Waals surface area (Å²) >= 11 is 0. The van der Waals surface area contributed by atoms with Crippen molar-refractivity contribution in [2.24, 2.45) is 11.7 Å². The third-order valence-corrected chi connectivity index (χ3v) is 3.84. The van der Waals surface area contributed by atoms with E-state index in [0.29, 0.717) is 25.9 Å². The summed E-state index contributed by atoms with van der Waals surface area (Å²) in [6.45, 7) is -0.986. The monoisotopic (exact) mass is 360 g/mol. The molecule has 0 aliphatic carbocycles. The van der Waals surface area contributed by atoms with Crippen LogP contribution in [0.1, 0.15) is 12.8 Å². The van der Waals surface area contributed by atoms with Gasteiger partial charge in [0.1, 0.15) is 0 Å². The summed E-state index contributed by atoms with van der Waals surface area (Å²) in [5.74, 6) is -0.943. The number of piperidine rings is 1. The molecule has 1 aliphatic rings. The van der Waals surface area contributed by atoms with E-state index >= 15 is 0 Å². The minimum Gasteiger partial charge on any atom is -0.480 e. The van der Waals surface area contributed by atoms with Gasteiger partial charge in [-0.1, -0.05) is 12.1 Å². The minimum absolute atomic E-state index is 0.0621. The average Bonchev–Trinajstić information content (AvgIpc) is 2.58. The fourth-order valence-electron chi connectivity index (χ4n) is 2.49. The average molecular weight is 360 g/mol. The number of alkyl halides is 3. The van der Waals surface area contributed by atoms with Gasteiger partial charge in [-0.3, -0.25) is 9.59 Å². The van der Waals surface area contributed by atoms with Crippen molar-refractivity contribution in [1.82, 2.24) is 4.90 Å². The van der Waals surface area contributed by atoms with Crippen LogP contribution in [0.5, 0.6) is 11.5 Å². The van der Waals surface area contributed by atoms with Crippen molar-refractivity contribution < 1.29 is 32.2 Å². The molecule has 2 amide bonds. The summed E-state index contributed by atoms with van der Waals surface area (Å²) in [7, 11) is 0. The zero-order valence-electron chi connectivity index (χ0n) is 13.4. The van der Waals surface area contributed by atoms with Crippen molar-refractivity contribution >= 4 is 11.8 Å². The second-order valence-corrected chi connectivity index (χ2v) is 5.70. The Balaban J connectivity index is 1.87. The quantitative estimate of drug-likeness (QED) is 0.838. The molecule has 0 radical (unpaired) electrons. The van der Waals surface area contributed by atoms with Crippen molar-refractivity contribution in [2.45, 2.75) is 19.0 Å². The molecule has 1 heterocycles. The molecule has 2 rings (SSSR count). The van der Waals surface area contributed by atoms with Gasteiger partial charge in [-0.2, -0.15) is 13.2 Å². The number of benzene rings is 1. The highest BCUT2D eigenvalue weighted by molar-refractivity contribution is 5.79. The van der Waals surface area contributed by atoms with E-state index in [2.05, 4.69) is 0 Å². The first-order chi connectivity index (χ1) is 11.8. The zero-order chi connectivity index (χ0) is 18.4. The van der Waals surface area contributed by atoms with Crippen LogP contribution in [-0.2, 0) is 9.59 Å². The predicted octanol–water partition coefficient (Wildman–Crippen LogP) is 1.73. The molecular weight excluding hydrogens is 341 g/mol. The first-order valence-corrected chi connectivity index (χ1v) is 7.75. The summed E-state index contributed by atoms with van der Waals surface area (Å²) in [4.78, 5) is 24.8. The fraction of sp³-hybridized carbons (Fsp3) is 0.500. The lowest BCUT2D eigenvalue weighted by molar-refractivity contribution is -0.153. The molecule has 0 atom stereocenters. The van der Waals surface area contributed by atoms with E-state index in [0.717, 1.165) is 0 Å². The first kappa shape index (κ1) is 18.9. The van der Waals surface area contributed by atoms with Crippen LogP contribution in [0, 0.1) is 5.92 Å². The number of carbonyl (C=O) groups is 2. The second-order valence-electron chi connectivity index (χ2n) is 5.70. The van der Waals surface area contributed by atoms with Gasteiger partial charge in [-0.15, -0.1) is 0 Å². The summed E-state index contributed by atoms with van der Waals surface area (Å²) in [5.41, 5.74) is 5.24. The normalized spacial score (nSPS) is 15.7. The molecule has 6 nitrogen and oxygen atoms in total. The van der Waals surface area contributed by atoms with Gasteiger partial charge in [-0.25, -0.2) is 0 Å². The number of hydrogen-bond acceptors (Lipinski definition) is 4. The molecule has 0 unspecified atom stereocenters. The molecule has 1 aromatic rings. The lowest BCUT2D eigenvalue weighted by atomic mass is 9.96. The molecule has 1 fully saturated rings. The van der Waals surface area contributed by atoms with E-state index in [9.17, 15) is 22.8 Å². The van der Waals surface area contributed by atoms with Crippen molar-refractivity contribution in [3.8, 4) is 11.5 Å². The molecule has 0 bridgehead atoms. The van der Waals surface area contributed by atoms with Crippen LogP contribution in [0.3, 0.4) is 0 Å². The van der Waals surface area contributed by atoms with Crippen LogP contribution >= 0.6 is 0 Å². The van der Waals surface area contributed by atoms with Gasteiger partial charge in [0.15, 0.2) is 24.7 Å². The highest BCUT2D eigenvalue weighted by Gasteiger charge is 2.29. The predicted molar refractivity (Wildman–Crippen MR) is 82.0 cm³/mol. The number of nitrogens with zero attached hydrogens (tertiary/aromatic N) is 1. The molecule has 1 aliphatic heterocycles. The molecule has 25 heavy (non-hydrogen) atoms. The van der Waals surface area contributed by atoms with Crippen LogP contribution in [0.25, 0.3) is 0 Å². The first-order valence-electron chi connectivity index (χ1n) is 7.75. The third-order valence-electron chi connectivity index (χ3n) is 3.84. The van der Waals surface area contributed by atoms with Gasteiger partial charge in [0.05, 0.1) is 0 Å². The summed E-state index contributed by atoms with van der Waals surface area (Å²) in [6.07, 6.45) is -3.48. The maximum Gasteiger partial charge on any atom is 0.422 e. The standard InChI is InChI=1S/C16H19F3N2O4/c17-16(18,19)10-25-13-4-2-1-3-12(13)24-9-14(22)21-7-5-11(6-8-21)15(20)23/h1-4,11H,5-10H2,(H2,20,23). The molecule has 9 heteroatoms. The Morgan fingerprint density at radius 2 is 1.68 bits per heavy atom. The van der Waals surface area contributed by atoms with Crippen molar-refractivity contribution in [3.05, 3.63) is 24.3 Å². The summed E-state index contributed by atoms with van der Waals surface area (Å²) < 4.78 is 46.8. The minimum atomic E-state index is -4.46. The van der Waals surface area contributed by atoms with Crippen LogP contribution in [-0.4, -0.2) is 49.2 Å². The number of carbonyl (C=O) groups excluding carboxylic acids is 2. The van der Waals surface area contributed by atoms with Crippen LogP contribution in [0.4, 0.5) is 13.2 Å². The van der Waals surface area contributed by atoms with Crippen molar-refractivity contribution in [3.63, 3.8) is 0 Å².